The second-order valence-corrected chi connectivity index (χ2v) is 6.44. The van der Waals surface area contributed by atoms with Gasteiger partial charge in [-0.3, -0.25) is 4.79 Å². The first-order valence-electron chi connectivity index (χ1n) is 5.52. The Kier molecular flexibility index (Phi) is 4.78. The molecule has 1 fully saturated rings. The molecule has 0 radical (unpaired) electrons. The van der Waals surface area contributed by atoms with Crippen LogP contribution in [0, 0.1) is 0 Å². The summed E-state index contributed by atoms with van der Waals surface area (Å²) >= 11 is 7.53. The van der Waals surface area contributed by atoms with Gasteiger partial charge in [-0.25, -0.2) is 0 Å². The number of alkyl halides is 1. The molecule has 0 aromatic carbocycles. The van der Waals surface area contributed by atoms with Gasteiger partial charge in [0.25, 0.3) is 0 Å². The van der Waals surface area contributed by atoms with Crippen molar-refractivity contribution < 1.29 is 4.79 Å². The molecule has 0 spiro atoms. The molecule has 2 nitrogen and oxygen atoms in total. The molecule has 1 amide bonds. The number of hydrogen-bond donors (Lipinski definition) is 0. The van der Waals surface area contributed by atoms with Crippen molar-refractivity contribution in [1.29, 1.82) is 0 Å². The molecular weight excluding hydrogens is 230 g/mol. The Labute approximate surface area is 102 Å². The lowest BCUT2D eigenvalue weighted by molar-refractivity contribution is -0.134. The molecule has 1 atom stereocenters. The van der Waals surface area contributed by atoms with Gasteiger partial charge in [0.2, 0.25) is 5.91 Å². The normalized spacial score (nSPS) is 25.9. The predicted molar refractivity (Wildman–Crippen MR) is 67.7 cm³/mol. The zero-order valence-electron chi connectivity index (χ0n) is 9.75. The van der Waals surface area contributed by atoms with Gasteiger partial charge >= 0.3 is 0 Å². The van der Waals surface area contributed by atoms with E-state index in [2.05, 4.69) is 6.92 Å². The van der Waals surface area contributed by atoms with Crippen LogP contribution in [-0.2, 0) is 4.79 Å². The van der Waals surface area contributed by atoms with E-state index in [0.717, 1.165) is 18.6 Å². The largest absolute Gasteiger partial charge is 0.338 e. The fourth-order valence-electron chi connectivity index (χ4n) is 1.94. The molecule has 88 valence electrons. The van der Waals surface area contributed by atoms with Gasteiger partial charge in [-0.15, -0.1) is 23.4 Å². The molecule has 0 bridgehead atoms. The molecule has 0 saturated carbocycles. The Bertz CT molecular complexity index is 227. The van der Waals surface area contributed by atoms with Crippen LogP contribution in [0.5, 0.6) is 0 Å². The maximum absolute atomic E-state index is 12.3. The van der Waals surface area contributed by atoms with Crippen molar-refractivity contribution >= 4 is 29.3 Å². The van der Waals surface area contributed by atoms with E-state index in [9.17, 15) is 4.79 Å². The molecule has 0 N–H and O–H groups in total. The smallest absolute Gasteiger partial charge is 0.238 e. The van der Waals surface area contributed by atoms with Gasteiger partial charge in [0.15, 0.2) is 0 Å². The van der Waals surface area contributed by atoms with Crippen molar-refractivity contribution in [3.8, 4) is 0 Å². The first-order chi connectivity index (χ1) is 7.01. The molecular formula is C11H20ClNOS. The Balaban J connectivity index is 2.70. The van der Waals surface area contributed by atoms with Crippen LogP contribution in [0.2, 0.25) is 0 Å². The van der Waals surface area contributed by atoms with Crippen molar-refractivity contribution in [3.63, 3.8) is 0 Å². The molecule has 15 heavy (non-hydrogen) atoms. The maximum atomic E-state index is 12.3. The number of carbonyl (C=O) groups is 1. The summed E-state index contributed by atoms with van der Waals surface area (Å²) in [5, 5.41) is 0. The van der Waals surface area contributed by atoms with Crippen LogP contribution in [0.15, 0.2) is 0 Å². The number of hydrogen-bond acceptors (Lipinski definition) is 2. The molecule has 0 aromatic heterocycles. The quantitative estimate of drug-likeness (QED) is 0.715. The van der Waals surface area contributed by atoms with Gasteiger partial charge in [0, 0.05) is 18.5 Å². The monoisotopic (exact) mass is 249 g/mol. The molecule has 0 aliphatic carbocycles. The number of halogens is 1. The molecule has 4 heteroatoms. The highest BCUT2D eigenvalue weighted by molar-refractivity contribution is 8.01. The van der Waals surface area contributed by atoms with E-state index in [0.29, 0.717) is 12.4 Å². The third-order valence-corrected chi connectivity index (χ3v) is 4.56. The molecule has 1 rings (SSSR count). The lowest BCUT2D eigenvalue weighted by Crippen LogP contribution is -2.47. The Morgan fingerprint density at radius 3 is 2.67 bits per heavy atom. The summed E-state index contributed by atoms with van der Waals surface area (Å²) < 4.78 is -0.198. The summed E-state index contributed by atoms with van der Waals surface area (Å²) in [5.74, 6) is 1.89. The van der Waals surface area contributed by atoms with Crippen LogP contribution in [0.3, 0.4) is 0 Å². The maximum Gasteiger partial charge on any atom is 0.238 e. The van der Waals surface area contributed by atoms with Gasteiger partial charge in [0.05, 0.1) is 4.75 Å². The number of nitrogens with zero attached hydrogens (tertiary/aromatic N) is 1. The molecule has 1 heterocycles. The average Bonchev–Trinajstić information content (AvgIpc) is 2.61. The molecule has 1 aliphatic rings. The standard InChI is InChI=1S/C11H20ClNOS/c1-9(2)13(7-6-12)10(14)11(3)5-4-8-15-11/h9H,4-8H2,1-3H3. The van der Waals surface area contributed by atoms with Crippen LogP contribution >= 0.6 is 23.4 Å². The number of rotatable bonds is 4. The zero-order chi connectivity index (χ0) is 11.5. The fraction of sp³-hybridized carbons (Fsp3) is 0.909. The highest BCUT2D eigenvalue weighted by Crippen LogP contribution is 2.39. The van der Waals surface area contributed by atoms with E-state index in [1.165, 1.54) is 0 Å². The third-order valence-electron chi connectivity index (χ3n) is 2.88. The minimum atomic E-state index is -0.198. The first kappa shape index (κ1) is 13.2. The summed E-state index contributed by atoms with van der Waals surface area (Å²) in [5.41, 5.74) is 0. The third kappa shape index (κ3) is 3.04. The lowest BCUT2D eigenvalue weighted by Gasteiger charge is -2.33. The zero-order valence-corrected chi connectivity index (χ0v) is 11.3. The second kappa shape index (κ2) is 5.44. The molecule has 1 saturated heterocycles. The predicted octanol–water partition coefficient (Wildman–Crippen LogP) is 2.75. The van der Waals surface area contributed by atoms with Gasteiger partial charge in [-0.1, -0.05) is 0 Å². The SMILES string of the molecule is CC(C)N(CCCl)C(=O)C1(C)CCCS1. The van der Waals surface area contributed by atoms with Crippen molar-refractivity contribution in [3.05, 3.63) is 0 Å². The van der Waals surface area contributed by atoms with Crippen molar-refractivity contribution in [2.24, 2.45) is 0 Å². The van der Waals surface area contributed by atoms with Gasteiger partial charge in [-0.2, -0.15) is 0 Å². The molecule has 1 unspecified atom stereocenters. The topological polar surface area (TPSA) is 20.3 Å². The van der Waals surface area contributed by atoms with Gasteiger partial charge in [-0.05, 0) is 39.4 Å². The van der Waals surface area contributed by atoms with Crippen LogP contribution in [0.4, 0.5) is 0 Å². The molecule has 1 aliphatic heterocycles. The van der Waals surface area contributed by atoms with Gasteiger partial charge in [0.1, 0.15) is 0 Å². The van der Waals surface area contributed by atoms with Crippen molar-refractivity contribution in [1.82, 2.24) is 4.90 Å². The minimum Gasteiger partial charge on any atom is -0.338 e. The Morgan fingerprint density at radius 2 is 2.27 bits per heavy atom. The van der Waals surface area contributed by atoms with E-state index in [4.69, 9.17) is 11.6 Å². The lowest BCUT2D eigenvalue weighted by atomic mass is 10.0. The summed E-state index contributed by atoms with van der Waals surface area (Å²) in [6, 6.07) is 0.245. The van der Waals surface area contributed by atoms with E-state index in [-0.39, 0.29) is 16.7 Å². The Hall–Kier alpha value is 0.110. The van der Waals surface area contributed by atoms with E-state index >= 15 is 0 Å². The first-order valence-corrected chi connectivity index (χ1v) is 7.04. The van der Waals surface area contributed by atoms with Crippen molar-refractivity contribution in [2.45, 2.75) is 44.4 Å². The summed E-state index contributed by atoms with van der Waals surface area (Å²) in [7, 11) is 0. The number of thioether (sulfide) groups is 1. The molecule has 0 aromatic rings. The highest BCUT2D eigenvalue weighted by atomic mass is 35.5. The van der Waals surface area contributed by atoms with Crippen LogP contribution in [-0.4, -0.2) is 39.8 Å². The van der Waals surface area contributed by atoms with Crippen LogP contribution in [0.25, 0.3) is 0 Å². The fourth-order valence-corrected chi connectivity index (χ4v) is 3.39. The van der Waals surface area contributed by atoms with E-state index < -0.39 is 0 Å². The minimum absolute atomic E-state index is 0.198. The summed E-state index contributed by atoms with van der Waals surface area (Å²) in [4.78, 5) is 14.3. The van der Waals surface area contributed by atoms with Gasteiger partial charge < -0.3 is 4.90 Å². The summed E-state index contributed by atoms with van der Waals surface area (Å²) in [6.07, 6.45) is 2.15. The van der Waals surface area contributed by atoms with Crippen LogP contribution < -0.4 is 0 Å². The number of amides is 1. The average molecular weight is 250 g/mol. The second-order valence-electron chi connectivity index (χ2n) is 4.46. The highest BCUT2D eigenvalue weighted by Gasteiger charge is 2.40. The Morgan fingerprint density at radius 1 is 1.60 bits per heavy atom. The van der Waals surface area contributed by atoms with E-state index in [1.807, 2.05) is 18.7 Å². The van der Waals surface area contributed by atoms with E-state index in [1.54, 1.807) is 11.8 Å². The van der Waals surface area contributed by atoms with Crippen LogP contribution in [0.1, 0.15) is 33.6 Å². The van der Waals surface area contributed by atoms with Crippen molar-refractivity contribution in [2.75, 3.05) is 18.2 Å². The summed E-state index contributed by atoms with van der Waals surface area (Å²) in [6.45, 7) is 6.83. The number of carbonyl (C=O) groups excluding carboxylic acids is 1.